The number of benzene rings is 1. The number of hydrogen-bond acceptors (Lipinski definition) is 10. The van der Waals surface area contributed by atoms with Crippen molar-refractivity contribution in [3.05, 3.63) is 63.7 Å². The number of ether oxygens (including phenoxy) is 1. The first-order valence-corrected chi connectivity index (χ1v) is 14.3. The van der Waals surface area contributed by atoms with E-state index in [9.17, 15) is 14.4 Å². The highest BCUT2D eigenvalue weighted by molar-refractivity contribution is 7.98. The van der Waals surface area contributed by atoms with Crippen molar-refractivity contribution in [2.75, 3.05) is 37.3 Å². The number of nitriles is 1. The molecule has 3 heterocycles. The van der Waals surface area contributed by atoms with Crippen molar-refractivity contribution in [3.8, 4) is 6.07 Å². The summed E-state index contributed by atoms with van der Waals surface area (Å²) in [6, 6.07) is 8.35. The van der Waals surface area contributed by atoms with Gasteiger partial charge in [-0.1, -0.05) is 11.8 Å². The van der Waals surface area contributed by atoms with E-state index in [0.29, 0.717) is 33.6 Å². The molecule has 0 radical (unpaired) electrons. The summed E-state index contributed by atoms with van der Waals surface area (Å²) in [5.74, 6) is 0.0685. The van der Waals surface area contributed by atoms with Gasteiger partial charge in [-0.15, -0.1) is 11.3 Å². The Morgan fingerprint density at radius 1 is 1.36 bits per heavy atom. The molecule has 1 fully saturated rings. The minimum absolute atomic E-state index is 0.0314. The molecule has 0 atom stereocenters. The zero-order valence-electron chi connectivity index (χ0n) is 21.4. The van der Waals surface area contributed by atoms with Crippen molar-refractivity contribution in [1.29, 1.82) is 5.26 Å². The van der Waals surface area contributed by atoms with Crippen LogP contribution in [0.5, 0.6) is 0 Å². The lowest BCUT2D eigenvalue weighted by atomic mass is 9.86. The van der Waals surface area contributed by atoms with E-state index in [1.807, 2.05) is 5.38 Å². The van der Waals surface area contributed by atoms with Crippen molar-refractivity contribution < 1.29 is 13.9 Å². The Morgan fingerprint density at radius 3 is 2.77 bits per heavy atom. The number of esters is 1. The van der Waals surface area contributed by atoms with E-state index in [1.54, 1.807) is 12.1 Å². The summed E-state index contributed by atoms with van der Waals surface area (Å²) in [5.41, 5.74) is 9.13. The number of carbonyl (C=O) groups is 1. The fourth-order valence-corrected chi connectivity index (χ4v) is 6.23. The van der Waals surface area contributed by atoms with Gasteiger partial charge in [0.25, 0.3) is 0 Å². The Labute approximate surface area is 235 Å². The maximum absolute atomic E-state index is 13.2. The number of nitrogens with two attached hydrogens (primary N) is 1. The Kier molecular flexibility index (Phi) is 9.71. The highest BCUT2D eigenvalue weighted by Crippen LogP contribution is 2.43. The number of halogens is 1. The minimum Gasteiger partial charge on any atom is -0.466 e. The van der Waals surface area contributed by atoms with Gasteiger partial charge >= 0.3 is 5.97 Å². The van der Waals surface area contributed by atoms with Crippen LogP contribution in [-0.2, 0) is 15.3 Å². The molecule has 3 N–H and O–H groups in total. The van der Waals surface area contributed by atoms with Crippen LogP contribution in [0.15, 0.2) is 34.7 Å². The van der Waals surface area contributed by atoms with Gasteiger partial charge in [0.05, 0.1) is 24.4 Å². The SMILES string of the molecule is [C-]#[N+]c1c(N)nc(SCc2csc(Nc3ccc(F)cc3)n2)c(C#N)c1C1CCN(CCCOC(C)=O)CC1. The third-order valence-corrected chi connectivity index (χ3v) is 8.17. The molecule has 0 bridgehead atoms. The fraction of sp³-hybridized carbons (Fsp3) is 0.370. The van der Waals surface area contributed by atoms with E-state index < -0.39 is 0 Å². The van der Waals surface area contributed by atoms with Crippen LogP contribution in [0.4, 0.5) is 26.7 Å². The molecule has 0 spiro atoms. The third-order valence-electron chi connectivity index (χ3n) is 6.35. The highest BCUT2D eigenvalue weighted by atomic mass is 32.2. The van der Waals surface area contributed by atoms with Crippen LogP contribution in [-0.4, -0.2) is 47.1 Å². The van der Waals surface area contributed by atoms with Gasteiger partial charge in [-0.25, -0.2) is 19.2 Å². The summed E-state index contributed by atoms with van der Waals surface area (Å²) in [6.45, 7) is 12.0. The van der Waals surface area contributed by atoms with E-state index in [-0.39, 0.29) is 29.2 Å². The molecule has 0 amide bonds. The fourth-order valence-electron chi connectivity index (χ4n) is 4.50. The molecule has 39 heavy (non-hydrogen) atoms. The van der Waals surface area contributed by atoms with Crippen molar-refractivity contribution in [3.63, 3.8) is 0 Å². The largest absolute Gasteiger partial charge is 0.466 e. The van der Waals surface area contributed by atoms with Crippen LogP contribution >= 0.6 is 23.1 Å². The van der Waals surface area contributed by atoms with Gasteiger partial charge in [0.1, 0.15) is 22.7 Å². The van der Waals surface area contributed by atoms with Gasteiger partial charge in [0.15, 0.2) is 5.13 Å². The summed E-state index contributed by atoms with van der Waals surface area (Å²) in [6.07, 6.45) is 2.35. The van der Waals surface area contributed by atoms with Gasteiger partial charge in [-0.05, 0) is 68.1 Å². The zero-order chi connectivity index (χ0) is 27.8. The van der Waals surface area contributed by atoms with Gasteiger partial charge in [0.2, 0.25) is 5.69 Å². The first-order chi connectivity index (χ1) is 18.9. The monoisotopic (exact) mass is 565 g/mol. The summed E-state index contributed by atoms with van der Waals surface area (Å²) >= 11 is 2.80. The molecule has 0 unspecified atom stereocenters. The molecule has 1 aromatic carbocycles. The molecule has 202 valence electrons. The Bertz CT molecular complexity index is 1390. The van der Waals surface area contributed by atoms with Crippen LogP contribution < -0.4 is 11.1 Å². The molecule has 0 aliphatic carbocycles. The predicted molar refractivity (Wildman–Crippen MR) is 151 cm³/mol. The molecular weight excluding hydrogens is 537 g/mol. The summed E-state index contributed by atoms with van der Waals surface area (Å²) in [5, 5.41) is 16.4. The van der Waals surface area contributed by atoms with Crippen LogP contribution in [0.3, 0.4) is 0 Å². The molecule has 3 aromatic rings. The number of nitrogen functional groups attached to an aromatic ring is 1. The molecule has 9 nitrogen and oxygen atoms in total. The summed E-state index contributed by atoms with van der Waals surface area (Å²) in [7, 11) is 0. The van der Waals surface area contributed by atoms with Crippen LogP contribution in [0.2, 0.25) is 0 Å². The van der Waals surface area contributed by atoms with Crippen molar-refractivity contribution in [1.82, 2.24) is 14.9 Å². The number of thioether (sulfide) groups is 1. The summed E-state index contributed by atoms with van der Waals surface area (Å²) < 4.78 is 18.2. The number of likely N-dealkylation sites (tertiary alicyclic amines) is 1. The third kappa shape index (κ3) is 7.45. The van der Waals surface area contributed by atoms with Crippen LogP contribution in [0, 0.1) is 23.7 Å². The quantitative estimate of drug-likeness (QED) is 0.135. The molecule has 1 saturated heterocycles. The van der Waals surface area contributed by atoms with Crippen molar-refractivity contribution in [2.45, 2.75) is 42.9 Å². The van der Waals surface area contributed by atoms with E-state index in [4.69, 9.17) is 17.0 Å². The molecule has 0 saturated carbocycles. The van der Waals surface area contributed by atoms with E-state index >= 15 is 0 Å². The van der Waals surface area contributed by atoms with Crippen LogP contribution in [0.25, 0.3) is 4.85 Å². The topological polar surface area (TPSA) is 122 Å². The molecular formula is C27H28FN7O2S2. The van der Waals surface area contributed by atoms with E-state index in [1.165, 1.54) is 42.2 Å². The van der Waals surface area contributed by atoms with Gasteiger partial charge in [-0.3, -0.25) is 4.79 Å². The maximum Gasteiger partial charge on any atom is 0.302 e. The second-order valence-electron chi connectivity index (χ2n) is 9.04. The average molecular weight is 566 g/mol. The van der Waals surface area contributed by atoms with Crippen molar-refractivity contribution >= 4 is 51.4 Å². The van der Waals surface area contributed by atoms with Crippen molar-refractivity contribution in [2.24, 2.45) is 0 Å². The number of pyridine rings is 1. The van der Waals surface area contributed by atoms with Gasteiger partial charge < -0.3 is 20.7 Å². The standard InChI is InChI=1S/C27H28FN7O2S2/c1-17(36)37-13-3-10-35-11-8-18(9-12-35)23-22(14-29)26(34-25(30)24(23)31-2)38-15-21-16-39-27(33-21)32-20-6-4-19(28)5-7-20/h4-7,16,18H,3,8-13,15H2,1H3,(H2,30,34)(H,32,33). The maximum atomic E-state index is 13.2. The van der Waals surface area contributed by atoms with Gasteiger partial charge in [-0.2, -0.15) is 5.26 Å². The zero-order valence-corrected chi connectivity index (χ0v) is 23.1. The Balaban J connectivity index is 1.43. The Hall–Kier alpha value is -3.71. The number of nitrogens with one attached hydrogen (secondary N) is 1. The number of nitrogens with zero attached hydrogens (tertiary/aromatic N) is 5. The molecule has 1 aliphatic rings. The first kappa shape index (κ1) is 28.3. The lowest BCUT2D eigenvalue weighted by Gasteiger charge is -2.33. The highest BCUT2D eigenvalue weighted by Gasteiger charge is 2.29. The first-order valence-electron chi connectivity index (χ1n) is 12.4. The lowest BCUT2D eigenvalue weighted by Crippen LogP contribution is -2.34. The molecule has 4 rings (SSSR count). The van der Waals surface area contributed by atoms with Crippen LogP contribution in [0.1, 0.15) is 48.9 Å². The number of aromatic nitrogens is 2. The predicted octanol–water partition coefficient (Wildman–Crippen LogP) is 5.85. The average Bonchev–Trinajstić information content (AvgIpc) is 3.38. The minimum atomic E-state index is -0.303. The van der Waals surface area contributed by atoms with E-state index in [2.05, 4.69) is 31.1 Å². The number of hydrogen-bond donors (Lipinski definition) is 2. The van der Waals surface area contributed by atoms with E-state index in [0.717, 1.165) is 50.3 Å². The second kappa shape index (κ2) is 13.4. The molecule has 1 aliphatic heterocycles. The second-order valence-corrected chi connectivity index (χ2v) is 10.9. The molecule has 2 aromatic heterocycles. The number of carbonyl (C=O) groups excluding carboxylic acids is 1. The number of anilines is 3. The molecule has 12 heteroatoms. The number of thiazole rings is 1. The normalized spacial score (nSPS) is 13.9. The summed E-state index contributed by atoms with van der Waals surface area (Å²) in [4.78, 5) is 25.9. The Morgan fingerprint density at radius 2 is 2.10 bits per heavy atom. The lowest BCUT2D eigenvalue weighted by molar-refractivity contribution is -0.141. The smallest absolute Gasteiger partial charge is 0.302 e. The number of rotatable bonds is 10. The number of piperidine rings is 1. The van der Waals surface area contributed by atoms with Gasteiger partial charge in [0, 0.05) is 30.3 Å².